The zero-order valence-corrected chi connectivity index (χ0v) is 17.2. The lowest BCUT2D eigenvalue weighted by atomic mass is 10.3. The van der Waals surface area contributed by atoms with Crippen LogP contribution in [0, 0.1) is 0 Å². The van der Waals surface area contributed by atoms with Gasteiger partial charge in [-0.3, -0.25) is 9.69 Å². The standard InChI is InChI=1S/C20H20F3N3O3S/c1-25(2)10-11-26(18(27)13-28-14-6-4-3-5-7-14)19-24-16-9-8-15(12-17(16)30-19)29-20(21,22)23/h3-9,12H,10-11,13H2,1-2H3. The van der Waals surface area contributed by atoms with Gasteiger partial charge in [0, 0.05) is 19.2 Å². The summed E-state index contributed by atoms with van der Waals surface area (Å²) >= 11 is 1.12. The number of aromatic nitrogens is 1. The van der Waals surface area contributed by atoms with Crippen LogP contribution >= 0.6 is 11.3 Å². The Bertz CT molecular complexity index is 993. The summed E-state index contributed by atoms with van der Waals surface area (Å²) in [6.45, 7) is 0.751. The van der Waals surface area contributed by atoms with Gasteiger partial charge in [-0.15, -0.1) is 13.2 Å². The Morgan fingerprint density at radius 3 is 2.47 bits per heavy atom. The molecule has 1 heterocycles. The van der Waals surface area contributed by atoms with Crippen molar-refractivity contribution in [2.24, 2.45) is 0 Å². The Morgan fingerprint density at radius 1 is 1.07 bits per heavy atom. The first-order valence-electron chi connectivity index (χ1n) is 9.00. The Kier molecular flexibility index (Phi) is 6.78. The summed E-state index contributed by atoms with van der Waals surface area (Å²) < 4.78 is 47.4. The van der Waals surface area contributed by atoms with E-state index in [0.29, 0.717) is 34.2 Å². The van der Waals surface area contributed by atoms with E-state index in [2.05, 4.69) is 9.72 Å². The molecule has 0 saturated heterocycles. The van der Waals surface area contributed by atoms with Gasteiger partial charge in [0.25, 0.3) is 5.91 Å². The van der Waals surface area contributed by atoms with Crippen LogP contribution in [0.15, 0.2) is 48.5 Å². The number of benzene rings is 2. The molecule has 10 heteroatoms. The Labute approximate surface area is 175 Å². The maximum atomic E-state index is 12.8. The molecule has 0 bridgehead atoms. The summed E-state index contributed by atoms with van der Waals surface area (Å²) in [6.07, 6.45) is -4.77. The molecular formula is C20H20F3N3O3S. The third-order valence-corrected chi connectivity index (χ3v) is 5.03. The van der Waals surface area contributed by atoms with E-state index < -0.39 is 6.36 Å². The van der Waals surface area contributed by atoms with Crippen LogP contribution in [0.2, 0.25) is 0 Å². The van der Waals surface area contributed by atoms with E-state index in [4.69, 9.17) is 4.74 Å². The fraction of sp³-hybridized carbons (Fsp3) is 0.300. The molecule has 6 nitrogen and oxygen atoms in total. The Hall–Kier alpha value is -2.85. The van der Waals surface area contributed by atoms with Crippen molar-refractivity contribution in [2.75, 3.05) is 38.7 Å². The maximum absolute atomic E-state index is 12.8. The zero-order valence-electron chi connectivity index (χ0n) is 16.3. The summed E-state index contributed by atoms with van der Waals surface area (Å²) in [5.41, 5.74) is 0.483. The summed E-state index contributed by atoms with van der Waals surface area (Å²) in [7, 11) is 3.75. The van der Waals surface area contributed by atoms with Gasteiger partial charge in [-0.25, -0.2) is 4.98 Å². The molecule has 2 aromatic carbocycles. The van der Waals surface area contributed by atoms with Gasteiger partial charge in [0.05, 0.1) is 10.2 Å². The first-order valence-corrected chi connectivity index (χ1v) is 9.82. The van der Waals surface area contributed by atoms with Crippen LogP contribution in [0.1, 0.15) is 0 Å². The summed E-state index contributed by atoms with van der Waals surface area (Å²) in [6, 6.07) is 12.8. The van der Waals surface area contributed by atoms with Crippen LogP contribution in [-0.2, 0) is 4.79 Å². The summed E-state index contributed by atoms with van der Waals surface area (Å²) in [5, 5.41) is 0.387. The molecule has 0 N–H and O–H groups in total. The molecular weight excluding hydrogens is 419 g/mol. The fourth-order valence-electron chi connectivity index (χ4n) is 2.57. The number of likely N-dealkylation sites (N-methyl/N-ethyl adjacent to an activating group) is 1. The number of halogens is 3. The normalized spacial score (nSPS) is 11.7. The van der Waals surface area contributed by atoms with Crippen LogP contribution in [0.5, 0.6) is 11.5 Å². The first kappa shape index (κ1) is 21.8. The second-order valence-corrected chi connectivity index (χ2v) is 7.63. The van der Waals surface area contributed by atoms with Crippen molar-refractivity contribution < 1.29 is 27.4 Å². The van der Waals surface area contributed by atoms with Crippen molar-refractivity contribution in [1.82, 2.24) is 9.88 Å². The molecule has 0 saturated carbocycles. The predicted octanol–water partition coefficient (Wildman–Crippen LogP) is 4.17. The largest absolute Gasteiger partial charge is 0.573 e. The zero-order chi connectivity index (χ0) is 21.7. The number of anilines is 1. The summed E-state index contributed by atoms with van der Waals surface area (Å²) in [5.74, 6) is -0.0630. The van der Waals surface area contributed by atoms with E-state index in [9.17, 15) is 18.0 Å². The number of rotatable bonds is 8. The highest BCUT2D eigenvalue weighted by Crippen LogP contribution is 2.33. The highest BCUT2D eigenvalue weighted by atomic mass is 32.1. The van der Waals surface area contributed by atoms with E-state index in [0.717, 1.165) is 11.3 Å². The number of fused-ring (bicyclic) bond motifs is 1. The highest BCUT2D eigenvalue weighted by molar-refractivity contribution is 7.22. The third kappa shape index (κ3) is 6.07. The first-order chi connectivity index (χ1) is 14.2. The number of alkyl halides is 3. The number of ether oxygens (including phenoxy) is 2. The molecule has 0 atom stereocenters. The lowest BCUT2D eigenvalue weighted by Gasteiger charge is -2.22. The van der Waals surface area contributed by atoms with Crippen LogP contribution in [0.4, 0.5) is 18.3 Å². The number of carbonyl (C=O) groups excluding carboxylic acids is 1. The Morgan fingerprint density at radius 2 is 1.80 bits per heavy atom. The molecule has 160 valence electrons. The monoisotopic (exact) mass is 439 g/mol. The molecule has 0 spiro atoms. The van der Waals surface area contributed by atoms with E-state index in [-0.39, 0.29) is 18.3 Å². The number of thiazole rings is 1. The second kappa shape index (κ2) is 9.31. The molecule has 0 radical (unpaired) electrons. The number of hydrogen-bond donors (Lipinski definition) is 0. The number of amides is 1. The van der Waals surface area contributed by atoms with Crippen molar-refractivity contribution in [3.63, 3.8) is 0 Å². The number of para-hydroxylation sites is 1. The van der Waals surface area contributed by atoms with Gasteiger partial charge in [0.2, 0.25) is 0 Å². The molecule has 30 heavy (non-hydrogen) atoms. The van der Waals surface area contributed by atoms with Gasteiger partial charge in [-0.05, 0) is 38.4 Å². The lowest BCUT2D eigenvalue weighted by Crippen LogP contribution is -2.39. The van der Waals surface area contributed by atoms with Gasteiger partial charge in [-0.2, -0.15) is 0 Å². The minimum atomic E-state index is -4.77. The average molecular weight is 439 g/mol. The van der Waals surface area contributed by atoms with Gasteiger partial charge in [0.1, 0.15) is 11.5 Å². The molecule has 3 aromatic rings. The summed E-state index contributed by atoms with van der Waals surface area (Å²) in [4.78, 5) is 20.7. The number of carbonyl (C=O) groups is 1. The molecule has 3 rings (SSSR count). The van der Waals surface area contributed by atoms with Crippen molar-refractivity contribution in [3.05, 3.63) is 48.5 Å². The van der Waals surface area contributed by atoms with Crippen LogP contribution < -0.4 is 14.4 Å². The molecule has 0 fully saturated rings. The molecule has 0 aliphatic rings. The van der Waals surface area contributed by atoms with Gasteiger partial charge < -0.3 is 14.4 Å². The van der Waals surface area contributed by atoms with Crippen molar-refractivity contribution in [1.29, 1.82) is 0 Å². The smallest absolute Gasteiger partial charge is 0.484 e. The van der Waals surface area contributed by atoms with Crippen LogP contribution in [0.25, 0.3) is 10.2 Å². The van der Waals surface area contributed by atoms with Gasteiger partial charge in [0.15, 0.2) is 11.7 Å². The third-order valence-electron chi connectivity index (χ3n) is 3.99. The van der Waals surface area contributed by atoms with Gasteiger partial charge in [-0.1, -0.05) is 29.5 Å². The minimum absolute atomic E-state index is 0.185. The van der Waals surface area contributed by atoms with Gasteiger partial charge >= 0.3 is 6.36 Å². The van der Waals surface area contributed by atoms with E-state index in [1.54, 1.807) is 24.3 Å². The molecule has 1 amide bonds. The highest BCUT2D eigenvalue weighted by Gasteiger charge is 2.31. The topological polar surface area (TPSA) is 54.9 Å². The second-order valence-electron chi connectivity index (χ2n) is 6.62. The van der Waals surface area contributed by atoms with Crippen LogP contribution in [-0.4, -0.2) is 55.9 Å². The fourth-order valence-corrected chi connectivity index (χ4v) is 3.61. The van der Waals surface area contributed by atoms with Crippen molar-refractivity contribution >= 4 is 32.6 Å². The van der Waals surface area contributed by atoms with E-state index in [1.165, 1.54) is 23.1 Å². The maximum Gasteiger partial charge on any atom is 0.573 e. The SMILES string of the molecule is CN(C)CCN(C(=O)COc1ccccc1)c1nc2ccc(OC(F)(F)F)cc2s1. The number of hydrogen-bond acceptors (Lipinski definition) is 6. The van der Waals surface area contributed by atoms with E-state index in [1.807, 2.05) is 25.1 Å². The lowest BCUT2D eigenvalue weighted by molar-refractivity contribution is -0.274. The van der Waals surface area contributed by atoms with Crippen molar-refractivity contribution in [2.45, 2.75) is 6.36 Å². The molecule has 0 aliphatic heterocycles. The predicted molar refractivity (Wildman–Crippen MR) is 109 cm³/mol. The quantitative estimate of drug-likeness (QED) is 0.527. The average Bonchev–Trinajstić information content (AvgIpc) is 3.08. The minimum Gasteiger partial charge on any atom is -0.484 e. The Balaban J connectivity index is 1.81. The molecule has 0 aliphatic carbocycles. The molecule has 0 unspecified atom stereocenters. The van der Waals surface area contributed by atoms with Crippen molar-refractivity contribution in [3.8, 4) is 11.5 Å². The van der Waals surface area contributed by atoms with Crippen LogP contribution in [0.3, 0.4) is 0 Å². The number of nitrogens with zero attached hydrogens (tertiary/aromatic N) is 3. The van der Waals surface area contributed by atoms with E-state index >= 15 is 0 Å². The molecule has 1 aromatic heterocycles.